The van der Waals surface area contributed by atoms with Gasteiger partial charge < -0.3 is 20.2 Å². The minimum Gasteiger partial charge on any atom is -0.478 e. The predicted octanol–water partition coefficient (Wildman–Crippen LogP) is 3.21. The van der Waals surface area contributed by atoms with Gasteiger partial charge in [0.15, 0.2) is 5.43 Å². The molecule has 0 radical (unpaired) electrons. The number of ether oxygens (including phenoxy) is 1. The Kier molecular flexibility index (Phi) is 4.58. The molecule has 0 aliphatic carbocycles. The van der Waals surface area contributed by atoms with E-state index in [-0.39, 0.29) is 5.43 Å². The molecule has 1 atom stereocenters. The lowest BCUT2D eigenvalue weighted by Crippen LogP contribution is -2.28. The van der Waals surface area contributed by atoms with Crippen LogP contribution >= 0.6 is 0 Å². The Morgan fingerprint density at radius 2 is 2.10 bits per heavy atom. The fourth-order valence-corrected chi connectivity index (χ4v) is 3.90. The number of aryl methyl sites for hydroxylation is 1. The average molecular weight is 391 g/mol. The van der Waals surface area contributed by atoms with E-state index < -0.39 is 11.8 Å². The monoisotopic (exact) mass is 391 g/mol. The van der Waals surface area contributed by atoms with Gasteiger partial charge in [-0.3, -0.25) is 9.59 Å². The molecule has 0 bridgehead atoms. The molecule has 0 spiro atoms. The van der Waals surface area contributed by atoms with Crippen LogP contribution in [0.15, 0.2) is 57.0 Å². The van der Waals surface area contributed by atoms with Crippen molar-refractivity contribution in [3.63, 3.8) is 0 Å². The number of allylic oxidation sites excluding steroid dienone is 1. The van der Waals surface area contributed by atoms with Crippen molar-refractivity contribution in [1.29, 1.82) is 0 Å². The highest BCUT2D eigenvalue weighted by Crippen LogP contribution is 2.46. The predicted molar refractivity (Wildman–Crippen MR) is 110 cm³/mol. The number of aromatic nitrogens is 1. The number of primary amides is 1. The summed E-state index contributed by atoms with van der Waals surface area (Å²) < 4.78 is 11.7. The van der Waals surface area contributed by atoms with Gasteiger partial charge in [-0.1, -0.05) is 12.1 Å². The number of carbonyl (C=O) groups is 1. The Hall–Kier alpha value is -3.61. The van der Waals surface area contributed by atoms with Crippen molar-refractivity contribution in [2.75, 3.05) is 11.9 Å². The first-order valence-corrected chi connectivity index (χ1v) is 9.35. The lowest BCUT2D eigenvalue weighted by molar-refractivity contribution is -0.114. The highest BCUT2D eigenvalue weighted by Gasteiger charge is 2.36. The van der Waals surface area contributed by atoms with Crippen molar-refractivity contribution in [2.45, 2.75) is 26.7 Å². The van der Waals surface area contributed by atoms with Crippen LogP contribution in [0.1, 0.15) is 36.7 Å². The van der Waals surface area contributed by atoms with Crippen molar-refractivity contribution < 1.29 is 13.9 Å². The summed E-state index contributed by atoms with van der Waals surface area (Å²) in [4.78, 5) is 29.3. The molecule has 1 aliphatic rings. The SMILES string of the molecule is CCOc1nccc2c1C(c1cccc3c(=O)cc(C)oc13)C(C(N)=O)=C(C)N2. The second-order valence-electron chi connectivity index (χ2n) is 6.92. The molecule has 0 saturated heterocycles. The molecule has 1 unspecified atom stereocenters. The number of hydrogen-bond acceptors (Lipinski definition) is 6. The van der Waals surface area contributed by atoms with Crippen LogP contribution in [0.3, 0.4) is 0 Å². The topological polar surface area (TPSA) is 107 Å². The van der Waals surface area contributed by atoms with Crippen LogP contribution in [0.5, 0.6) is 5.88 Å². The van der Waals surface area contributed by atoms with Crippen molar-refractivity contribution in [3.8, 4) is 5.88 Å². The quantitative estimate of drug-likeness (QED) is 0.707. The van der Waals surface area contributed by atoms with E-state index in [9.17, 15) is 9.59 Å². The van der Waals surface area contributed by atoms with E-state index in [0.717, 1.165) is 5.69 Å². The number of nitrogens with zero attached hydrogens (tertiary/aromatic N) is 1. The van der Waals surface area contributed by atoms with E-state index in [1.54, 1.807) is 32.2 Å². The average Bonchev–Trinajstić information content (AvgIpc) is 2.66. The highest BCUT2D eigenvalue weighted by molar-refractivity contribution is 5.99. The first-order chi connectivity index (χ1) is 13.9. The van der Waals surface area contributed by atoms with E-state index in [4.69, 9.17) is 14.9 Å². The summed E-state index contributed by atoms with van der Waals surface area (Å²) in [5.41, 5.74) is 9.19. The molecule has 148 valence electrons. The van der Waals surface area contributed by atoms with Crippen molar-refractivity contribution >= 4 is 22.6 Å². The number of pyridine rings is 1. The maximum absolute atomic E-state index is 12.5. The van der Waals surface area contributed by atoms with Crippen molar-refractivity contribution in [2.24, 2.45) is 5.73 Å². The first kappa shape index (κ1) is 18.7. The van der Waals surface area contributed by atoms with E-state index in [1.165, 1.54) is 6.07 Å². The molecule has 1 aliphatic heterocycles. The van der Waals surface area contributed by atoms with Gasteiger partial charge >= 0.3 is 0 Å². The summed E-state index contributed by atoms with van der Waals surface area (Å²) in [7, 11) is 0. The number of para-hydroxylation sites is 1. The van der Waals surface area contributed by atoms with Crippen LogP contribution in [-0.4, -0.2) is 17.5 Å². The number of hydrogen-bond donors (Lipinski definition) is 2. The van der Waals surface area contributed by atoms with Gasteiger partial charge in [-0.15, -0.1) is 0 Å². The number of carbonyl (C=O) groups excluding carboxylic acids is 1. The summed E-state index contributed by atoms with van der Waals surface area (Å²) in [6.07, 6.45) is 1.64. The molecule has 7 heteroatoms. The molecule has 4 rings (SSSR count). The van der Waals surface area contributed by atoms with Gasteiger partial charge in [0.1, 0.15) is 11.3 Å². The van der Waals surface area contributed by atoms with E-state index in [0.29, 0.717) is 51.6 Å². The normalized spacial score (nSPS) is 15.8. The Labute approximate surface area is 167 Å². The molecule has 7 nitrogen and oxygen atoms in total. The van der Waals surface area contributed by atoms with Crippen LogP contribution in [0, 0.1) is 6.92 Å². The number of nitrogens with one attached hydrogen (secondary N) is 1. The van der Waals surface area contributed by atoms with Crippen LogP contribution in [0.25, 0.3) is 11.0 Å². The van der Waals surface area contributed by atoms with Gasteiger partial charge in [0.2, 0.25) is 11.8 Å². The molecule has 2 aromatic heterocycles. The second-order valence-corrected chi connectivity index (χ2v) is 6.92. The van der Waals surface area contributed by atoms with Gasteiger partial charge in [0.05, 0.1) is 23.5 Å². The van der Waals surface area contributed by atoms with Crippen molar-refractivity contribution in [3.05, 3.63) is 74.9 Å². The minimum absolute atomic E-state index is 0.141. The van der Waals surface area contributed by atoms with Crippen LogP contribution in [0.4, 0.5) is 5.69 Å². The molecule has 0 saturated carbocycles. The summed E-state index contributed by atoms with van der Waals surface area (Å²) in [5.74, 6) is -0.265. The Morgan fingerprint density at radius 3 is 2.83 bits per heavy atom. The molecule has 3 N–H and O–H groups in total. The van der Waals surface area contributed by atoms with Gasteiger partial charge in [0.25, 0.3) is 0 Å². The third-order valence-electron chi connectivity index (χ3n) is 5.02. The van der Waals surface area contributed by atoms with Gasteiger partial charge in [0, 0.05) is 34.8 Å². The summed E-state index contributed by atoms with van der Waals surface area (Å²) >= 11 is 0. The largest absolute Gasteiger partial charge is 0.478 e. The van der Waals surface area contributed by atoms with Gasteiger partial charge in [-0.05, 0) is 32.9 Å². The minimum atomic E-state index is -0.590. The molecule has 1 aromatic carbocycles. The first-order valence-electron chi connectivity index (χ1n) is 9.35. The number of nitrogens with two attached hydrogens (primary N) is 1. The standard InChI is InChI=1S/C22H21N3O4/c1-4-28-22-19-15(8-9-24-22)25-12(3)17(21(23)27)18(19)14-7-5-6-13-16(26)10-11(2)29-20(13)14/h5-10,18,25H,4H2,1-3H3,(H2,23,27). The second kappa shape index (κ2) is 7.09. The lowest BCUT2D eigenvalue weighted by atomic mass is 9.80. The number of fused-ring (bicyclic) bond motifs is 2. The fraction of sp³-hybridized carbons (Fsp3) is 0.227. The Bertz CT molecular complexity index is 1230. The lowest BCUT2D eigenvalue weighted by Gasteiger charge is -2.30. The number of anilines is 1. The van der Waals surface area contributed by atoms with Crippen molar-refractivity contribution in [1.82, 2.24) is 4.98 Å². The molecular formula is C22H21N3O4. The maximum Gasteiger partial charge on any atom is 0.247 e. The van der Waals surface area contributed by atoms with E-state index in [1.807, 2.05) is 19.1 Å². The molecular weight excluding hydrogens is 370 g/mol. The Morgan fingerprint density at radius 1 is 1.31 bits per heavy atom. The van der Waals surface area contributed by atoms with E-state index in [2.05, 4.69) is 10.3 Å². The fourth-order valence-electron chi connectivity index (χ4n) is 3.90. The number of benzene rings is 1. The number of rotatable bonds is 4. The van der Waals surface area contributed by atoms with Gasteiger partial charge in [-0.25, -0.2) is 4.98 Å². The zero-order valence-corrected chi connectivity index (χ0v) is 16.4. The van der Waals surface area contributed by atoms with Crippen LogP contribution in [-0.2, 0) is 4.79 Å². The van der Waals surface area contributed by atoms with Crippen LogP contribution in [0.2, 0.25) is 0 Å². The molecule has 0 fully saturated rings. The summed E-state index contributed by atoms with van der Waals surface area (Å²) in [5, 5.41) is 3.67. The highest BCUT2D eigenvalue weighted by atomic mass is 16.5. The number of amides is 1. The third kappa shape index (κ3) is 3.04. The molecule has 29 heavy (non-hydrogen) atoms. The van der Waals surface area contributed by atoms with Gasteiger partial charge in [-0.2, -0.15) is 0 Å². The summed E-state index contributed by atoms with van der Waals surface area (Å²) in [6, 6.07) is 8.59. The maximum atomic E-state index is 12.5. The van der Waals surface area contributed by atoms with E-state index >= 15 is 0 Å². The molecule has 1 amide bonds. The van der Waals surface area contributed by atoms with Crippen LogP contribution < -0.4 is 21.2 Å². The summed E-state index contributed by atoms with van der Waals surface area (Å²) in [6.45, 7) is 5.79. The third-order valence-corrected chi connectivity index (χ3v) is 5.02. The Balaban J connectivity index is 2.11. The molecule has 3 aromatic rings. The zero-order chi connectivity index (χ0) is 20.7. The smallest absolute Gasteiger partial charge is 0.247 e. The zero-order valence-electron chi connectivity index (χ0n) is 16.4. The molecule has 3 heterocycles.